The molecule has 1 aliphatic rings. The third kappa shape index (κ3) is 3.15. The fourth-order valence-corrected chi connectivity index (χ4v) is 3.85. The SMILES string of the molecule is C#Cc1ccc(C(C)C2CC(C)(C)N([O])C(C)(C)C2)cc1. The van der Waals surface area contributed by atoms with Crippen molar-refractivity contribution in [2.24, 2.45) is 5.92 Å². The first kappa shape index (κ1) is 16.1. The standard InChI is InChI=1S/C19H26NO/c1-7-15-8-10-16(11-9-15)14(2)17-12-18(3,4)20(21)19(5,6)13-17/h1,8-11,14,17H,12-13H2,2-6H3. The lowest BCUT2D eigenvalue weighted by Gasteiger charge is -2.51. The summed E-state index contributed by atoms with van der Waals surface area (Å²) in [6, 6.07) is 8.27. The number of hydrogen-bond acceptors (Lipinski definition) is 1. The Balaban J connectivity index is 2.22. The molecule has 1 unspecified atom stereocenters. The predicted molar refractivity (Wildman–Crippen MR) is 86.2 cm³/mol. The van der Waals surface area contributed by atoms with Gasteiger partial charge in [0.05, 0.1) is 0 Å². The molecule has 0 aliphatic carbocycles. The highest BCUT2D eigenvalue weighted by molar-refractivity contribution is 5.35. The third-order valence-corrected chi connectivity index (χ3v) is 4.93. The molecule has 2 nitrogen and oxygen atoms in total. The molecule has 0 saturated carbocycles. The fourth-order valence-electron chi connectivity index (χ4n) is 3.85. The summed E-state index contributed by atoms with van der Waals surface area (Å²) in [5.74, 6) is 3.60. The summed E-state index contributed by atoms with van der Waals surface area (Å²) in [5, 5.41) is 13.7. The Hall–Kier alpha value is -1.30. The Morgan fingerprint density at radius 1 is 1.14 bits per heavy atom. The summed E-state index contributed by atoms with van der Waals surface area (Å²) < 4.78 is 0. The first-order chi connectivity index (χ1) is 9.67. The van der Waals surface area contributed by atoms with Gasteiger partial charge in [0.1, 0.15) is 0 Å². The maximum atomic E-state index is 12.5. The first-order valence-corrected chi connectivity index (χ1v) is 7.71. The van der Waals surface area contributed by atoms with E-state index in [4.69, 9.17) is 6.42 Å². The van der Waals surface area contributed by atoms with Crippen LogP contribution in [-0.4, -0.2) is 16.1 Å². The van der Waals surface area contributed by atoms with Crippen molar-refractivity contribution in [2.75, 3.05) is 0 Å². The Morgan fingerprint density at radius 3 is 2.05 bits per heavy atom. The minimum absolute atomic E-state index is 0.306. The van der Waals surface area contributed by atoms with E-state index in [0.717, 1.165) is 18.4 Å². The fraction of sp³-hybridized carbons (Fsp3) is 0.579. The van der Waals surface area contributed by atoms with Crippen LogP contribution in [0.3, 0.4) is 0 Å². The molecular weight excluding hydrogens is 258 g/mol. The van der Waals surface area contributed by atoms with Crippen LogP contribution in [0.4, 0.5) is 0 Å². The van der Waals surface area contributed by atoms with Crippen LogP contribution in [0.2, 0.25) is 0 Å². The van der Waals surface area contributed by atoms with E-state index in [2.05, 4.69) is 52.7 Å². The molecule has 1 radical (unpaired) electrons. The average Bonchev–Trinajstić information content (AvgIpc) is 2.43. The average molecular weight is 284 g/mol. The molecule has 1 aromatic carbocycles. The quantitative estimate of drug-likeness (QED) is 0.739. The molecular formula is C19H26NO. The van der Waals surface area contributed by atoms with Gasteiger partial charge in [0.2, 0.25) is 0 Å². The summed E-state index contributed by atoms with van der Waals surface area (Å²) in [4.78, 5) is 0. The highest BCUT2D eigenvalue weighted by atomic mass is 16.5. The van der Waals surface area contributed by atoms with Crippen molar-refractivity contribution in [3.05, 3.63) is 35.4 Å². The Labute approximate surface area is 129 Å². The Bertz CT molecular complexity index is 518. The number of piperidine rings is 1. The minimum Gasteiger partial charge on any atom is -0.144 e. The van der Waals surface area contributed by atoms with E-state index in [-0.39, 0.29) is 11.1 Å². The van der Waals surface area contributed by atoms with Gasteiger partial charge in [-0.3, -0.25) is 0 Å². The molecule has 1 heterocycles. The Morgan fingerprint density at radius 2 is 1.62 bits per heavy atom. The third-order valence-electron chi connectivity index (χ3n) is 4.93. The molecule has 1 saturated heterocycles. The van der Waals surface area contributed by atoms with Crippen molar-refractivity contribution in [1.82, 2.24) is 5.06 Å². The lowest BCUT2D eigenvalue weighted by atomic mass is 9.69. The molecule has 2 heteroatoms. The van der Waals surface area contributed by atoms with E-state index in [0.29, 0.717) is 11.8 Å². The summed E-state index contributed by atoms with van der Waals surface area (Å²) in [7, 11) is 0. The lowest BCUT2D eigenvalue weighted by Crippen LogP contribution is -2.58. The van der Waals surface area contributed by atoms with E-state index < -0.39 is 0 Å². The van der Waals surface area contributed by atoms with Crippen LogP contribution in [0.25, 0.3) is 0 Å². The van der Waals surface area contributed by atoms with E-state index in [1.54, 1.807) is 0 Å². The highest BCUT2D eigenvalue weighted by Gasteiger charge is 2.47. The van der Waals surface area contributed by atoms with Gasteiger partial charge < -0.3 is 0 Å². The molecule has 1 fully saturated rings. The van der Waals surface area contributed by atoms with Crippen molar-refractivity contribution in [3.63, 3.8) is 0 Å². The maximum absolute atomic E-state index is 12.5. The molecule has 0 spiro atoms. The molecule has 0 N–H and O–H groups in total. The van der Waals surface area contributed by atoms with Crippen LogP contribution >= 0.6 is 0 Å². The van der Waals surface area contributed by atoms with Crippen LogP contribution in [0.15, 0.2) is 24.3 Å². The van der Waals surface area contributed by atoms with Gasteiger partial charge in [0.15, 0.2) is 0 Å². The molecule has 21 heavy (non-hydrogen) atoms. The van der Waals surface area contributed by atoms with E-state index in [9.17, 15) is 5.21 Å². The zero-order chi connectivity index (χ0) is 15.8. The Kier molecular flexibility index (Phi) is 4.19. The molecule has 2 rings (SSSR count). The highest BCUT2D eigenvalue weighted by Crippen LogP contribution is 2.45. The van der Waals surface area contributed by atoms with Crippen LogP contribution in [-0.2, 0) is 5.21 Å². The minimum atomic E-state index is -0.306. The summed E-state index contributed by atoms with van der Waals surface area (Å²) in [5.41, 5.74) is 1.62. The monoisotopic (exact) mass is 284 g/mol. The summed E-state index contributed by atoms with van der Waals surface area (Å²) >= 11 is 0. The molecule has 1 aromatic rings. The molecule has 0 amide bonds. The summed E-state index contributed by atoms with van der Waals surface area (Å²) in [6.07, 6.45) is 7.27. The van der Waals surface area contributed by atoms with Gasteiger partial charge in [-0.15, -0.1) is 16.7 Å². The smallest absolute Gasteiger partial charge is 0.0446 e. The van der Waals surface area contributed by atoms with Crippen LogP contribution < -0.4 is 0 Å². The van der Waals surface area contributed by atoms with Crippen LogP contribution in [0.5, 0.6) is 0 Å². The van der Waals surface area contributed by atoms with Gasteiger partial charge >= 0.3 is 0 Å². The number of benzene rings is 1. The molecule has 113 valence electrons. The second-order valence-electron chi connectivity index (χ2n) is 7.64. The topological polar surface area (TPSA) is 23.1 Å². The molecule has 0 bridgehead atoms. The van der Waals surface area contributed by atoms with Gasteiger partial charge in [-0.1, -0.05) is 25.0 Å². The normalized spacial score (nSPS) is 23.5. The maximum Gasteiger partial charge on any atom is 0.0446 e. The summed E-state index contributed by atoms with van der Waals surface area (Å²) in [6.45, 7) is 10.5. The number of hydroxylamine groups is 2. The van der Waals surface area contributed by atoms with Gasteiger partial charge in [0, 0.05) is 16.6 Å². The van der Waals surface area contributed by atoms with Gasteiger partial charge in [-0.05, 0) is 70.1 Å². The number of terminal acetylenes is 1. The van der Waals surface area contributed by atoms with E-state index >= 15 is 0 Å². The molecule has 0 aromatic heterocycles. The second-order valence-corrected chi connectivity index (χ2v) is 7.64. The molecule has 1 atom stereocenters. The van der Waals surface area contributed by atoms with E-state index in [1.165, 1.54) is 10.6 Å². The molecule has 1 aliphatic heterocycles. The van der Waals surface area contributed by atoms with Gasteiger partial charge in [0.25, 0.3) is 0 Å². The zero-order valence-electron chi connectivity index (χ0n) is 13.8. The van der Waals surface area contributed by atoms with Crippen molar-refractivity contribution in [1.29, 1.82) is 0 Å². The number of rotatable bonds is 2. The first-order valence-electron chi connectivity index (χ1n) is 7.71. The number of hydrogen-bond donors (Lipinski definition) is 0. The zero-order valence-corrected chi connectivity index (χ0v) is 13.8. The number of nitrogens with zero attached hydrogens (tertiary/aromatic N) is 1. The lowest BCUT2D eigenvalue weighted by molar-refractivity contribution is -0.295. The van der Waals surface area contributed by atoms with Crippen LogP contribution in [0, 0.1) is 18.3 Å². The predicted octanol–water partition coefficient (Wildman–Crippen LogP) is 4.39. The largest absolute Gasteiger partial charge is 0.144 e. The van der Waals surface area contributed by atoms with Crippen molar-refractivity contribution in [3.8, 4) is 12.3 Å². The van der Waals surface area contributed by atoms with Crippen LogP contribution in [0.1, 0.15) is 64.5 Å². The van der Waals surface area contributed by atoms with Crippen molar-refractivity contribution < 1.29 is 5.21 Å². The van der Waals surface area contributed by atoms with Crippen molar-refractivity contribution in [2.45, 2.75) is 64.5 Å². The van der Waals surface area contributed by atoms with E-state index in [1.807, 2.05) is 12.1 Å². The van der Waals surface area contributed by atoms with Crippen molar-refractivity contribution >= 4 is 0 Å². The van der Waals surface area contributed by atoms with Gasteiger partial charge in [-0.2, -0.15) is 0 Å². The second kappa shape index (κ2) is 5.48. The van der Waals surface area contributed by atoms with Gasteiger partial charge in [-0.25, -0.2) is 0 Å².